The van der Waals surface area contributed by atoms with E-state index in [2.05, 4.69) is 14.5 Å². The van der Waals surface area contributed by atoms with E-state index in [0.29, 0.717) is 5.56 Å². The highest BCUT2D eigenvalue weighted by atomic mass is 32.2. The monoisotopic (exact) mass is 342 g/mol. The van der Waals surface area contributed by atoms with Crippen LogP contribution in [0.15, 0.2) is 70.0 Å². The zero-order valence-electron chi connectivity index (χ0n) is 12.4. The number of benzene rings is 2. The van der Waals surface area contributed by atoms with Gasteiger partial charge in [-0.05, 0) is 12.1 Å². The molecule has 0 aliphatic rings. The fraction of sp³-hybridized carbons (Fsp3) is 0. The van der Waals surface area contributed by atoms with Crippen molar-refractivity contribution < 1.29 is 8.42 Å². The van der Waals surface area contributed by atoms with Gasteiger partial charge in [-0.3, -0.25) is 0 Å². The number of hydrogen-bond donors (Lipinski definition) is 2. The Bertz CT molecular complexity index is 981. The molecular weight excluding hydrogens is 328 g/mol. The number of aromatic nitrogens is 3. The van der Waals surface area contributed by atoms with Gasteiger partial charge in [0.2, 0.25) is 11.9 Å². The molecule has 0 aliphatic heterocycles. The summed E-state index contributed by atoms with van der Waals surface area (Å²) in [6.07, 6.45) is 0. The van der Waals surface area contributed by atoms with Crippen LogP contribution in [0.1, 0.15) is 5.56 Å². The van der Waals surface area contributed by atoms with Gasteiger partial charge in [-0.2, -0.15) is 18.1 Å². The average molecular weight is 342 g/mol. The molecule has 8 nitrogen and oxygen atoms in total. The van der Waals surface area contributed by atoms with E-state index in [-0.39, 0.29) is 22.6 Å². The lowest BCUT2D eigenvalue weighted by molar-refractivity contribution is 0.597. The van der Waals surface area contributed by atoms with E-state index in [9.17, 15) is 8.42 Å². The Hall–Kier alpha value is -3.20. The second kappa shape index (κ2) is 6.13. The van der Waals surface area contributed by atoms with Crippen LogP contribution in [0.25, 0.3) is 0 Å². The van der Waals surface area contributed by atoms with Gasteiger partial charge in [0.1, 0.15) is 0 Å². The molecule has 1 heterocycles. The van der Waals surface area contributed by atoms with E-state index in [1.165, 1.54) is 12.1 Å². The van der Waals surface area contributed by atoms with Gasteiger partial charge in [-0.1, -0.05) is 48.5 Å². The van der Waals surface area contributed by atoms with Crippen molar-refractivity contribution >= 4 is 27.8 Å². The molecule has 0 unspecified atom stereocenters. The predicted molar refractivity (Wildman–Crippen MR) is 90.9 cm³/mol. The van der Waals surface area contributed by atoms with Crippen molar-refractivity contribution in [2.24, 2.45) is 4.40 Å². The molecule has 0 atom stereocenters. The highest BCUT2D eigenvalue weighted by Crippen LogP contribution is 2.16. The van der Waals surface area contributed by atoms with Crippen LogP contribution in [-0.4, -0.2) is 29.0 Å². The van der Waals surface area contributed by atoms with Gasteiger partial charge in [0.05, 0.1) is 4.90 Å². The molecule has 4 N–H and O–H groups in total. The number of nitrogen functional groups attached to an aromatic ring is 2. The lowest BCUT2D eigenvalue weighted by Crippen LogP contribution is -2.19. The summed E-state index contributed by atoms with van der Waals surface area (Å²) >= 11 is 0. The van der Waals surface area contributed by atoms with E-state index < -0.39 is 10.0 Å². The van der Waals surface area contributed by atoms with Gasteiger partial charge in [-0.25, -0.2) is 0 Å². The number of nitrogens with zero attached hydrogens (tertiary/aromatic N) is 4. The smallest absolute Gasteiger partial charge is 0.284 e. The summed E-state index contributed by atoms with van der Waals surface area (Å²) < 4.78 is 30.2. The standard InChI is InChI=1S/C15H14N6O2S/c16-14-18-15(17)21(19-14)13(11-7-3-1-4-8-11)20-24(22,23)12-9-5-2-6-10-12/h1-10H,(H4,16,17,18,19)/b20-13+. The van der Waals surface area contributed by atoms with Crippen molar-refractivity contribution in [2.75, 3.05) is 11.5 Å². The lowest BCUT2D eigenvalue weighted by atomic mass is 10.2. The maximum atomic E-state index is 12.6. The zero-order chi connectivity index (χ0) is 17.2. The van der Waals surface area contributed by atoms with Gasteiger partial charge in [0.15, 0.2) is 5.84 Å². The van der Waals surface area contributed by atoms with Crippen molar-refractivity contribution in [1.82, 2.24) is 14.8 Å². The third kappa shape index (κ3) is 3.10. The molecule has 0 amide bonds. The van der Waals surface area contributed by atoms with Crippen molar-refractivity contribution in [3.05, 3.63) is 66.2 Å². The molecule has 0 saturated heterocycles. The van der Waals surface area contributed by atoms with Gasteiger partial charge >= 0.3 is 0 Å². The Kier molecular flexibility index (Phi) is 4.00. The minimum absolute atomic E-state index is 0.0150. The van der Waals surface area contributed by atoms with Crippen LogP contribution in [0.3, 0.4) is 0 Å². The average Bonchev–Trinajstić information content (AvgIpc) is 2.92. The third-order valence-corrected chi connectivity index (χ3v) is 4.41. The quantitative estimate of drug-likeness (QED) is 0.542. The van der Waals surface area contributed by atoms with Crippen molar-refractivity contribution in [3.63, 3.8) is 0 Å². The Morgan fingerprint density at radius 2 is 1.54 bits per heavy atom. The van der Waals surface area contributed by atoms with Crippen LogP contribution >= 0.6 is 0 Å². The summed E-state index contributed by atoms with van der Waals surface area (Å²) in [5, 5.41) is 3.93. The summed E-state index contributed by atoms with van der Waals surface area (Å²) in [5.74, 6) is -0.118. The first-order valence-corrected chi connectivity index (χ1v) is 8.35. The molecule has 0 aliphatic carbocycles. The minimum Gasteiger partial charge on any atom is -0.368 e. The largest absolute Gasteiger partial charge is 0.368 e. The van der Waals surface area contributed by atoms with E-state index >= 15 is 0 Å². The molecular formula is C15H14N6O2S. The Labute approximate surface area is 138 Å². The molecule has 0 bridgehead atoms. The molecule has 9 heteroatoms. The van der Waals surface area contributed by atoms with Crippen LogP contribution in [0.5, 0.6) is 0 Å². The fourth-order valence-corrected chi connectivity index (χ4v) is 3.07. The van der Waals surface area contributed by atoms with Crippen LogP contribution in [0.4, 0.5) is 11.9 Å². The Morgan fingerprint density at radius 1 is 0.958 bits per heavy atom. The molecule has 2 aromatic carbocycles. The highest BCUT2D eigenvalue weighted by Gasteiger charge is 2.19. The summed E-state index contributed by atoms with van der Waals surface area (Å²) in [5.41, 5.74) is 11.8. The highest BCUT2D eigenvalue weighted by molar-refractivity contribution is 7.90. The number of anilines is 2. The Balaban J connectivity index is 2.21. The van der Waals surface area contributed by atoms with Crippen LogP contribution in [0, 0.1) is 0 Å². The van der Waals surface area contributed by atoms with E-state index in [0.717, 1.165) is 4.68 Å². The fourth-order valence-electron chi connectivity index (χ4n) is 2.06. The zero-order valence-corrected chi connectivity index (χ0v) is 13.3. The van der Waals surface area contributed by atoms with Crippen LogP contribution in [0.2, 0.25) is 0 Å². The van der Waals surface area contributed by atoms with E-state index in [1.54, 1.807) is 48.5 Å². The molecule has 0 radical (unpaired) electrons. The Morgan fingerprint density at radius 3 is 2.08 bits per heavy atom. The second-order valence-corrected chi connectivity index (χ2v) is 6.41. The summed E-state index contributed by atoms with van der Waals surface area (Å²) in [4.78, 5) is 3.85. The van der Waals surface area contributed by atoms with Crippen LogP contribution in [-0.2, 0) is 10.0 Å². The molecule has 0 spiro atoms. The molecule has 1 aromatic heterocycles. The molecule has 24 heavy (non-hydrogen) atoms. The second-order valence-electron chi connectivity index (χ2n) is 4.81. The number of nitrogens with two attached hydrogens (primary N) is 2. The van der Waals surface area contributed by atoms with Gasteiger partial charge in [0, 0.05) is 5.56 Å². The minimum atomic E-state index is -3.96. The lowest BCUT2D eigenvalue weighted by Gasteiger charge is -2.08. The number of rotatable bonds is 3. The van der Waals surface area contributed by atoms with E-state index in [1.807, 2.05) is 0 Å². The van der Waals surface area contributed by atoms with Gasteiger partial charge < -0.3 is 11.5 Å². The maximum absolute atomic E-state index is 12.6. The topological polar surface area (TPSA) is 129 Å². The van der Waals surface area contributed by atoms with Crippen molar-refractivity contribution in [3.8, 4) is 0 Å². The molecule has 3 rings (SSSR count). The molecule has 0 fully saturated rings. The van der Waals surface area contributed by atoms with Crippen molar-refractivity contribution in [2.45, 2.75) is 4.90 Å². The number of hydrogen-bond acceptors (Lipinski definition) is 6. The first kappa shape index (κ1) is 15.7. The van der Waals surface area contributed by atoms with Crippen molar-refractivity contribution in [1.29, 1.82) is 0 Å². The van der Waals surface area contributed by atoms with E-state index in [4.69, 9.17) is 11.5 Å². The summed E-state index contributed by atoms with van der Waals surface area (Å²) in [6, 6.07) is 16.5. The maximum Gasteiger partial charge on any atom is 0.284 e. The normalized spacial score (nSPS) is 12.2. The predicted octanol–water partition coefficient (Wildman–Crippen LogP) is 1.13. The summed E-state index contributed by atoms with van der Waals surface area (Å²) in [6.45, 7) is 0. The molecule has 122 valence electrons. The third-order valence-electron chi connectivity index (χ3n) is 3.13. The number of sulfonamides is 1. The molecule has 3 aromatic rings. The SMILES string of the molecule is Nc1nc(N)n(/C(=N/S(=O)(=O)c2ccccc2)c2ccccc2)n1. The summed E-state index contributed by atoms with van der Waals surface area (Å²) in [7, 11) is -3.96. The molecule has 0 saturated carbocycles. The van der Waals surface area contributed by atoms with Crippen LogP contribution < -0.4 is 11.5 Å². The van der Waals surface area contributed by atoms with Gasteiger partial charge in [-0.15, -0.1) is 9.50 Å². The first-order chi connectivity index (χ1) is 11.5. The van der Waals surface area contributed by atoms with Gasteiger partial charge in [0.25, 0.3) is 10.0 Å². The first-order valence-electron chi connectivity index (χ1n) is 6.91.